The number of ether oxygens (including phenoxy) is 4. The Labute approximate surface area is 467 Å². The molecule has 0 heterocycles. The van der Waals surface area contributed by atoms with Gasteiger partial charge in [-0.15, -0.1) is 0 Å². The monoisotopic (exact) mass is 1140 g/mol. The van der Waals surface area contributed by atoms with Crippen LogP contribution in [0.2, 0.25) is 0 Å². The standard InChI is InChI=1S/C58H112O17P2/c1-6-9-12-15-18-21-23-27-32-37-42-56(61)69-48-54(75-58(63)44-39-34-29-24-25-30-35-40-51(4)5)50-73-77(66,67)71-46-52(59)45-70-76(64,65)72-49-53(47-68-55(60)41-36-31-26-20-17-14-11-8-3)74-57(62)43-38-33-28-22-19-16-13-10-7-2/h51-54,59H,6-50H2,1-5H3,(H,64,65)(H,66,67)/t52-,53+,54+/m0/s1. The van der Waals surface area contributed by atoms with E-state index in [0.717, 1.165) is 96.3 Å². The number of hydrogen-bond donors (Lipinski definition) is 3. The van der Waals surface area contributed by atoms with E-state index in [-0.39, 0.29) is 25.7 Å². The zero-order chi connectivity index (χ0) is 57.1. The molecule has 0 rings (SSSR count). The van der Waals surface area contributed by atoms with Crippen molar-refractivity contribution in [3.63, 3.8) is 0 Å². The molecule has 0 bridgehead atoms. The minimum absolute atomic E-state index is 0.104. The fourth-order valence-corrected chi connectivity index (χ4v) is 10.1. The van der Waals surface area contributed by atoms with E-state index in [1.54, 1.807) is 0 Å². The average Bonchev–Trinajstić information content (AvgIpc) is 3.39. The van der Waals surface area contributed by atoms with Crippen molar-refractivity contribution in [1.29, 1.82) is 0 Å². The first-order valence-electron chi connectivity index (χ1n) is 30.6. The smallest absolute Gasteiger partial charge is 0.462 e. The molecule has 0 fully saturated rings. The fraction of sp³-hybridized carbons (Fsp3) is 0.931. The lowest BCUT2D eigenvalue weighted by atomic mass is 10.0. The first kappa shape index (κ1) is 75.1. The number of aliphatic hydroxyl groups excluding tert-OH is 1. The minimum Gasteiger partial charge on any atom is -0.462 e. The maximum atomic E-state index is 12.9. The number of aliphatic hydroxyl groups is 1. The number of hydrogen-bond acceptors (Lipinski definition) is 15. The van der Waals surface area contributed by atoms with Crippen LogP contribution >= 0.6 is 15.6 Å². The summed E-state index contributed by atoms with van der Waals surface area (Å²) in [5.74, 6) is -1.45. The SMILES string of the molecule is CCCCCCCCCCCCC(=O)OC[C@H](COP(=O)(O)OC[C@@H](O)COP(=O)(O)OC[C@@H](COC(=O)CCCCCCCCCC)OC(=O)CCCCCCCCCCC)OC(=O)CCCCCCCCCC(C)C. The highest BCUT2D eigenvalue weighted by molar-refractivity contribution is 7.47. The molecule has 0 aliphatic carbocycles. The lowest BCUT2D eigenvalue weighted by Gasteiger charge is -2.21. The van der Waals surface area contributed by atoms with Gasteiger partial charge in [-0.3, -0.25) is 37.3 Å². The summed E-state index contributed by atoms with van der Waals surface area (Å²) in [6, 6.07) is 0. The number of carbonyl (C=O) groups is 4. The predicted molar refractivity (Wildman–Crippen MR) is 303 cm³/mol. The predicted octanol–water partition coefficient (Wildman–Crippen LogP) is 15.5. The van der Waals surface area contributed by atoms with Crippen molar-refractivity contribution >= 4 is 39.5 Å². The number of phosphoric ester groups is 2. The van der Waals surface area contributed by atoms with Gasteiger partial charge in [-0.25, -0.2) is 9.13 Å². The van der Waals surface area contributed by atoms with Gasteiger partial charge in [-0.1, -0.05) is 234 Å². The van der Waals surface area contributed by atoms with E-state index in [1.165, 1.54) is 103 Å². The van der Waals surface area contributed by atoms with E-state index in [1.807, 2.05) is 0 Å². The molecule has 3 N–H and O–H groups in total. The van der Waals surface area contributed by atoms with E-state index in [9.17, 15) is 43.2 Å². The molecule has 0 aromatic carbocycles. The van der Waals surface area contributed by atoms with E-state index in [2.05, 4.69) is 34.6 Å². The highest BCUT2D eigenvalue weighted by Gasteiger charge is 2.30. The first-order chi connectivity index (χ1) is 37.0. The highest BCUT2D eigenvalue weighted by Crippen LogP contribution is 2.45. The van der Waals surface area contributed by atoms with Crippen molar-refractivity contribution in [3.05, 3.63) is 0 Å². The molecule has 0 radical (unpaired) electrons. The van der Waals surface area contributed by atoms with Crippen molar-refractivity contribution in [3.8, 4) is 0 Å². The number of esters is 4. The Morgan fingerprint density at radius 2 is 0.597 bits per heavy atom. The maximum absolute atomic E-state index is 12.9. The van der Waals surface area contributed by atoms with Gasteiger partial charge >= 0.3 is 39.5 Å². The van der Waals surface area contributed by atoms with E-state index < -0.39 is 97.5 Å². The number of unbranched alkanes of at least 4 members (excludes halogenated alkanes) is 30. The summed E-state index contributed by atoms with van der Waals surface area (Å²) < 4.78 is 67.6. The molecule has 77 heavy (non-hydrogen) atoms. The van der Waals surface area contributed by atoms with Crippen molar-refractivity contribution in [2.24, 2.45) is 5.92 Å². The molecule has 0 aromatic heterocycles. The zero-order valence-corrected chi connectivity index (χ0v) is 50.9. The molecule has 0 aromatic rings. The molecule has 0 spiro atoms. The number of carbonyl (C=O) groups excluding carboxylic acids is 4. The summed E-state index contributed by atoms with van der Waals surface area (Å²) in [5, 5.41) is 10.5. The van der Waals surface area contributed by atoms with Crippen LogP contribution in [0.5, 0.6) is 0 Å². The van der Waals surface area contributed by atoms with Gasteiger partial charge in [-0.05, 0) is 31.6 Å². The molecule has 2 unspecified atom stereocenters. The Morgan fingerprint density at radius 1 is 0.351 bits per heavy atom. The second-order valence-electron chi connectivity index (χ2n) is 21.5. The van der Waals surface area contributed by atoms with Crippen molar-refractivity contribution < 1.29 is 80.2 Å². The molecule has 0 amide bonds. The van der Waals surface area contributed by atoms with Gasteiger partial charge < -0.3 is 33.8 Å². The molecule has 19 heteroatoms. The normalized spacial score (nSPS) is 14.4. The highest BCUT2D eigenvalue weighted by atomic mass is 31.2. The average molecular weight is 1140 g/mol. The third kappa shape index (κ3) is 53.2. The van der Waals surface area contributed by atoms with Gasteiger partial charge in [0.05, 0.1) is 26.4 Å². The van der Waals surface area contributed by atoms with Gasteiger partial charge in [0, 0.05) is 25.7 Å². The summed E-state index contributed by atoms with van der Waals surface area (Å²) >= 11 is 0. The molecule has 0 aliphatic heterocycles. The Bertz CT molecular complexity index is 1520. The van der Waals surface area contributed by atoms with Crippen LogP contribution in [-0.2, 0) is 65.4 Å². The van der Waals surface area contributed by atoms with Crippen molar-refractivity contribution in [2.45, 2.75) is 303 Å². The van der Waals surface area contributed by atoms with Crippen LogP contribution in [0.25, 0.3) is 0 Å². The fourth-order valence-electron chi connectivity index (χ4n) is 8.52. The second kappa shape index (κ2) is 52.2. The van der Waals surface area contributed by atoms with Crippen molar-refractivity contribution in [2.75, 3.05) is 39.6 Å². The number of rotatable bonds is 58. The van der Waals surface area contributed by atoms with Crippen LogP contribution in [0, 0.1) is 5.92 Å². The lowest BCUT2D eigenvalue weighted by Crippen LogP contribution is -2.30. The summed E-state index contributed by atoms with van der Waals surface area (Å²) in [4.78, 5) is 71.8. The van der Waals surface area contributed by atoms with Crippen molar-refractivity contribution in [1.82, 2.24) is 0 Å². The third-order valence-corrected chi connectivity index (χ3v) is 15.2. The lowest BCUT2D eigenvalue weighted by molar-refractivity contribution is -0.161. The Morgan fingerprint density at radius 3 is 0.883 bits per heavy atom. The van der Waals surface area contributed by atoms with Crippen LogP contribution < -0.4 is 0 Å². The summed E-state index contributed by atoms with van der Waals surface area (Å²) in [5.41, 5.74) is 0. The quantitative estimate of drug-likeness (QED) is 0.0222. The largest absolute Gasteiger partial charge is 0.472 e. The van der Waals surface area contributed by atoms with Gasteiger partial charge in [0.2, 0.25) is 0 Å². The van der Waals surface area contributed by atoms with Gasteiger partial charge in [0.15, 0.2) is 12.2 Å². The topological polar surface area (TPSA) is 237 Å². The van der Waals surface area contributed by atoms with Gasteiger partial charge in [0.25, 0.3) is 0 Å². The first-order valence-corrected chi connectivity index (χ1v) is 33.6. The minimum atomic E-state index is -4.93. The molecule has 0 aliphatic rings. The summed E-state index contributed by atoms with van der Waals surface area (Å²) in [7, 11) is -9.87. The molecule has 0 saturated heterocycles. The van der Waals surface area contributed by atoms with Crippen LogP contribution in [0.15, 0.2) is 0 Å². The Kier molecular flexibility index (Phi) is 50.8. The second-order valence-corrected chi connectivity index (χ2v) is 24.4. The summed E-state index contributed by atoms with van der Waals surface area (Å²) in [6.07, 6.45) is 33.6. The van der Waals surface area contributed by atoms with Gasteiger partial charge in [-0.2, -0.15) is 0 Å². The molecular weight excluding hydrogens is 1030 g/mol. The maximum Gasteiger partial charge on any atom is 0.472 e. The van der Waals surface area contributed by atoms with E-state index >= 15 is 0 Å². The van der Waals surface area contributed by atoms with Crippen LogP contribution in [0.1, 0.15) is 285 Å². The zero-order valence-electron chi connectivity index (χ0n) is 49.1. The number of phosphoric acid groups is 2. The van der Waals surface area contributed by atoms with E-state index in [4.69, 9.17) is 37.0 Å². The Hall–Kier alpha value is -1.94. The molecule has 17 nitrogen and oxygen atoms in total. The van der Waals surface area contributed by atoms with E-state index in [0.29, 0.717) is 31.6 Å². The molecule has 0 saturated carbocycles. The molecule has 5 atom stereocenters. The Balaban J connectivity index is 5.22. The molecule has 456 valence electrons. The molecular formula is C58H112O17P2. The van der Waals surface area contributed by atoms with Crippen LogP contribution in [0.3, 0.4) is 0 Å². The third-order valence-electron chi connectivity index (χ3n) is 13.3. The van der Waals surface area contributed by atoms with Crippen LogP contribution in [-0.4, -0.2) is 96.7 Å². The summed E-state index contributed by atoms with van der Waals surface area (Å²) in [6.45, 7) is 7.03. The van der Waals surface area contributed by atoms with Gasteiger partial charge in [0.1, 0.15) is 19.3 Å². The van der Waals surface area contributed by atoms with Crippen LogP contribution in [0.4, 0.5) is 0 Å².